The highest BCUT2D eigenvalue weighted by molar-refractivity contribution is 4.97. The molecule has 5 atom stereocenters. The zero-order valence-electron chi connectivity index (χ0n) is 9.39. The van der Waals surface area contributed by atoms with Crippen LogP contribution in [0.2, 0.25) is 0 Å². The molecule has 0 aromatic heterocycles. The molecule has 0 aromatic carbocycles. The Bertz CT molecular complexity index is 224. The summed E-state index contributed by atoms with van der Waals surface area (Å²) < 4.78 is 17.3. The topological polar surface area (TPSA) is 30.9 Å². The molecule has 3 aliphatic rings. The first-order valence-corrected chi connectivity index (χ1v) is 5.92. The van der Waals surface area contributed by atoms with E-state index in [1.807, 2.05) is 0 Å². The van der Waals surface area contributed by atoms with Crippen LogP contribution in [0.5, 0.6) is 0 Å². The lowest BCUT2D eigenvalue weighted by Crippen LogP contribution is -2.52. The average Bonchev–Trinajstić information content (AvgIpc) is 2.60. The van der Waals surface area contributed by atoms with Crippen LogP contribution >= 0.6 is 0 Å². The minimum absolute atomic E-state index is 0.151. The molecule has 0 N–H and O–H groups in total. The quantitative estimate of drug-likeness (QED) is 0.590. The summed E-state index contributed by atoms with van der Waals surface area (Å²) in [6.07, 6.45) is 1.90. The van der Waals surface area contributed by atoms with Crippen LogP contribution in [0.4, 0.5) is 0 Å². The number of nitrogens with zero attached hydrogens (tertiary/aromatic N) is 1. The Labute approximate surface area is 90.5 Å². The van der Waals surface area contributed by atoms with Crippen LogP contribution in [0.3, 0.4) is 0 Å². The molecule has 4 nitrogen and oxygen atoms in total. The van der Waals surface area contributed by atoms with Gasteiger partial charge in [-0.1, -0.05) is 0 Å². The number of hydrogen-bond donors (Lipinski definition) is 0. The van der Waals surface area contributed by atoms with Crippen molar-refractivity contribution in [3.63, 3.8) is 0 Å². The fourth-order valence-corrected chi connectivity index (χ4v) is 3.03. The van der Waals surface area contributed by atoms with E-state index in [9.17, 15) is 0 Å². The molecule has 3 fully saturated rings. The van der Waals surface area contributed by atoms with Gasteiger partial charge in [-0.2, -0.15) is 0 Å². The lowest BCUT2D eigenvalue weighted by atomic mass is 10.00. The Hall–Kier alpha value is -0.160. The monoisotopic (exact) mass is 213 g/mol. The maximum atomic E-state index is 6.07. The maximum absolute atomic E-state index is 6.07. The van der Waals surface area contributed by atoms with Crippen LogP contribution < -0.4 is 0 Å². The van der Waals surface area contributed by atoms with Crippen LogP contribution in [-0.2, 0) is 14.2 Å². The summed E-state index contributed by atoms with van der Waals surface area (Å²) in [6.45, 7) is 6.91. The summed E-state index contributed by atoms with van der Waals surface area (Å²) in [6, 6.07) is 0.546. The minimum atomic E-state index is 0.151. The fourth-order valence-electron chi connectivity index (χ4n) is 3.03. The van der Waals surface area contributed by atoms with Crippen molar-refractivity contribution in [2.45, 2.75) is 50.8 Å². The highest BCUT2D eigenvalue weighted by atomic mass is 16.6. The van der Waals surface area contributed by atoms with E-state index in [-0.39, 0.29) is 24.5 Å². The average molecular weight is 213 g/mol. The fraction of sp³-hybridized carbons (Fsp3) is 1.00. The summed E-state index contributed by atoms with van der Waals surface area (Å²) in [5.41, 5.74) is 0. The van der Waals surface area contributed by atoms with Crippen LogP contribution in [0.15, 0.2) is 0 Å². The molecule has 0 spiro atoms. The molecule has 3 aliphatic heterocycles. The lowest BCUT2D eigenvalue weighted by Gasteiger charge is -2.37. The van der Waals surface area contributed by atoms with Crippen molar-refractivity contribution in [3.8, 4) is 0 Å². The van der Waals surface area contributed by atoms with Gasteiger partial charge in [-0.25, -0.2) is 0 Å². The van der Waals surface area contributed by atoms with Gasteiger partial charge in [0.25, 0.3) is 0 Å². The molecular formula is C11H19NO3. The predicted molar refractivity (Wildman–Crippen MR) is 54.6 cm³/mol. The molecule has 0 saturated carbocycles. The van der Waals surface area contributed by atoms with E-state index in [1.165, 1.54) is 0 Å². The van der Waals surface area contributed by atoms with Crippen molar-refractivity contribution < 1.29 is 14.2 Å². The number of ether oxygens (including phenoxy) is 3. The molecule has 0 aliphatic carbocycles. The van der Waals surface area contributed by atoms with Gasteiger partial charge in [0.1, 0.15) is 12.3 Å². The third kappa shape index (κ3) is 1.51. The zero-order chi connectivity index (χ0) is 10.4. The van der Waals surface area contributed by atoms with Crippen LogP contribution in [0.25, 0.3) is 0 Å². The number of rotatable bonds is 0. The summed E-state index contributed by atoms with van der Waals surface area (Å²) >= 11 is 0. The van der Waals surface area contributed by atoms with E-state index in [0.29, 0.717) is 6.04 Å². The summed E-state index contributed by atoms with van der Waals surface area (Å²) in [4.78, 5) is 2.47. The van der Waals surface area contributed by atoms with Gasteiger partial charge in [0.15, 0.2) is 0 Å². The van der Waals surface area contributed by atoms with Crippen molar-refractivity contribution in [3.05, 3.63) is 0 Å². The molecule has 15 heavy (non-hydrogen) atoms. The van der Waals surface area contributed by atoms with Crippen LogP contribution in [0.1, 0.15) is 20.3 Å². The Kier molecular flexibility index (Phi) is 2.47. The smallest absolute Gasteiger partial charge is 0.137 e. The number of morpholine rings is 1. The first-order chi connectivity index (χ1) is 7.27. The van der Waals surface area contributed by atoms with E-state index in [0.717, 1.165) is 26.2 Å². The molecule has 4 heteroatoms. The molecule has 86 valence electrons. The first-order valence-electron chi connectivity index (χ1n) is 5.92. The third-order valence-corrected chi connectivity index (χ3v) is 3.82. The first kappa shape index (κ1) is 10.0. The van der Waals surface area contributed by atoms with Gasteiger partial charge in [-0.05, 0) is 20.3 Å². The van der Waals surface area contributed by atoms with Crippen molar-refractivity contribution in [2.75, 3.05) is 19.8 Å². The van der Waals surface area contributed by atoms with E-state index in [2.05, 4.69) is 18.7 Å². The summed E-state index contributed by atoms with van der Waals surface area (Å²) in [7, 11) is 0. The molecule has 0 unspecified atom stereocenters. The second-order valence-corrected chi connectivity index (χ2v) is 4.74. The molecule has 3 saturated heterocycles. The van der Waals surface area contributed by atoms with Gasteiger partial charge in [0.2, 0.25) is 0 Å². The summed E-state index contributed by atoms with van der Waals surface area (Å²) in [5, 5.41) is 0. The van der Waals surface area contributed by atoms with E-state index < -0.39 is 0 Å². The SMILES string of the molecule is C[C@@H]1OCC[C@H]2[C@@H]1O[C@@H]1[C@@H](C)OCCN12. The van der Waals surface area contributed by atoms with Crippen LogP contribution in [-0.4, -0.2) is 55.2 Å². The van der Waals surface area contributed by atoms with Gasteiger partial charge >= 0.3 is 0 Å². The highest BCUT2D eigenvalue weighted by Gasteiger charge is 2.49. The Morgan fingerprint density at radius 2 is 1.87 bits per heavy atom. The van der Waals surface area contributed by atoms with Crippen molar-refractivity contribution in [1.29, 1.82) is 0 Å². The standard InChI is InChI=1S/C11H19NO3/c1-7-10-9(3-5-13-7)12-4-6-14-8(2)11(12)15-10/h7-11H,3-6H2,1-2H3/t7-,8+,9-,10+,11+/m0/s1. The van der Waals surface area contributed by atoms with E-state index >= 15 is 0 Å². The van der Waals surface area contributed by atoms with Gasteiger partial charge < -0.3 is 14.2 Å². The molecule has 0 bridgehead atoms. The molecule has 3 rings (SSSR count). The molecule has 0 aromatic rings. The van der Waals surface area contributed by atoms with Crippen molar-refractivity contribution in [2.24, 2.45) is 0 Å². The number of fused-ring (bicyclic) bond motifs is 3. The molecule has 0 radical (unpaired) electrons. The zero-order valence-corrected chi connectivity index (χ0v) is 9.39. The second-order valence-electron chi connectivity index (χ2n) is 4.74. The molecule has 3 heterocycles. The third-order valence-electron chi connectivity index (χ3n) is 3.82. The Morgan fingerprint density at radius 1 is 1.07 bits per heavy atom. The van der Waals surface area contributed by atoms with Gasteiger partial charge in [-0.3, -0.25) is 4.90 Å². The Morgan fingerprint density at radius 3 is 2.73 bits per heavy atom. The normalized spacial score (nSPS) is 51.2. The van der Waals surface area contributed by atoms with Crippen molar-refractivity contribution >= 4 is 0 Å². The van der Waals surface area contributed by atoms with Crippen LogP contribution in [0, 0.1) is 0 Å². The maximum Gasteiger partial charge on any atom is 0.137 e. The van der Waals surface area contributed by atoms with Gasteiger partial charge in [-0.15, -0.1) is 0 Å². The van der Waals surface area contributed by atoms with Crippen molar-refractivity contribution in [1.82, 2.24) is 4.90 Å². The highest BCUT2D eigenvalue weighted by Crippen LogP contribution is 2.35. The van der Waals surface area contributed by atoms with E-state index in [1.54, 1.807) is 0 Å². The molecule has 0 amide bonds. The second kappa shape index (κ2) is 3.70. The predicted octanol–water partition coefficient (Wildman–Crippen LogP) is 0.609. The summed E-state index contributed by atoms with van der Waals surface area (Å²) in [5.74, 6) is 0. The van der Waals surface area contributed by atoms with E-state index in [4.69, 9.17) is 14.2 Å². The van der Waals surface area contributed by atoms with Gasteiger partial charge in [0, 0.05) is 19.2 Å². The van der Waals surface area contributed by atoms with Gasteiger partial charge in [0.05, 0.1) is 18.8 Å². The lowest BCUT2D eigenvalue weighted by molar-refractivity contribution is -0.148. The largest absolute Gasteiger partial charge is 0.376 e. The minimum Gasteiger partial charge on any atom is -0.376 e. The number of hydrogen-bond acceptors (Lipinski definition) is 4. The Balaban J connectivity index is 1.81. The molecular weight excluding hydrogens is 194 g/mol.